The lowest BCUT2D eigenvalue weighted by molar-refractivity contribution is -0.130. The fourth-order valence-electron chi connectivity index (χ4n) is 3.14. The van der Waals surface area contributed by atoms with Gasteiger partial charge in [-0.05, 0) is 24.8 Å². The van der Waals surface area contributed by atoms with E-state index in [9.17, 15) is 4.79 Å². The minimum Gasteiger partial charge on any atom is -0.299 e. The summed E-state index contributed by atoms with van der Waals surface area (Å²) in [5.41, 5.74) is 1.27. The molecule has 0 atom stereocenters. The molecule has 0 spiro atoms. The van der Waals surface area contributed by atoms with Crippen LogP contribution in [0.5, 0.6) is 0 Å². The molecule has 0 saturated heterocycles. The lowest BCUT2D eigenvalue weighted by Gasteiger charge is -2.36. The van der Waals surface area contributed by atoms with E-state index in [1.54, 1.807) is 0 Å². The third kappa shape index (κ3) is 2.77. The Kier molecular flexibility index (Phi) is 3.98. The summed E-state index contributed by atoms with van der Waals surface area (Å²) in [7, 11) is 0. The van der Waals surface area contributed by atoms with Gasteiger partial charge in [0.15, 0.2) is 0 Å². The zero-order chi connectivity index (χ0) is 12.1. The van der Waals surface area contributed by atoms with Gasteiger partial charge in [0.05, 0.1) is 0 Å². The molecule has 0 radical (unpaired) electrons. The predicted octanol–water partition coefficient (Wildman–Crippen LogP) is 4.16. The second-order valence-electron chi connectivity index (χ2n) is 5.28. The Morgan fingerprint density at radius 2 is 1.76 bits per heavy atom. The van der Waals surface area contributed by atoms with Crippen LogP contribution in [-0.4, -0.2) is 5.78 Å². The maximum atomic E-state index is 12.3. The van der Waals surface area contributed by atoms with Crippen LogP contribution in [0.4, 0.5) is 0 Å². The third-order valence-corrected chi connectivity index (χ3v) is 4.11. The topological polar surface area (TPSA) is 17.1 Å². The highest BCUT2D eigenvalue weighted by atomic mass is 16.1. The van der Waals surface area contributed by atoms with Crippen LogP contribution < -0.4 is 0 Å². The SMILES string of the molecule is CCC(=O)C1(Cc2ccccc2)CCCCC1. The standard InChI is InChI=1S/C16H22O/c1-2-15(17)16(11-7-4-8-12-16)13-14-9-5-3-6-10-14/h3,5-6,9-10H,2,4,7-8,11-13H2,1H3. The number of carbonyl (C=O) groups excluding carboxylic acids is 1. The van der Waals surface area contributed by atoms with Crippen molar-refractivity contribution in [3.8, 4) is 0 Å². The summed E-state index contributed by atoms with van der Waals surface area (Å²) >= 11 is 0. The van der Waals surface area contributed by atoms with Gasteiger partial charge < -0.3 is 0 Å². The minimum atomic E-state index is -0.0473. The van der Waals surface area contributed by atoms with Gasteiger partial charge in [0.1, 0.15) is 5.78 Å². The molecule has 0 bridgehead atoms. The molecule has 2 rings (SSSR count). The second-order valence-corrected chi connectivity index (χ2v) is 5.28. The summed E-state index contributed by atoms with van der Waals surface area (Å²) in [5, 5.41) is 0. The Labute approximate surface area is 104 Å². The average molecular weight is 230 g/mol. The van der Waals surface area contributed by atoms with Gasteiger partial charge >= 0.3 is 0 Å². The Bertz CT molecular complexity index is 360. The molecule has 0 heterocycles. The fourth-order valence-corrected chi connectivity index (χ4v) is 3.14. The Morgan fingerprint density at radius 1 is 1.12 bits per heavy atom. The molecule has 1 aromatic carbocycles. The normalized spacial score (nSPS) is 18.9. The van der Waals surface area contributed by atoms with Crippen LogP contribution in [0, 0.1) is 5.41 Å². The van der Waals surface area contributed by atoms with Crippen molar-refractivity contribution >= 4 is 5.78 Å². The second kappa shape index (κ2) is 5.48. The lowest BCUT2D eigenvalue weighted by atomic mass is 9.67. The highest BCUT2D eigenvalue weighted by Crippen LogP contribution is 2.40. The van der Waals surface area contributed by atoms with Crippen molar-refractivity contribution in [1.82, 2.24) is 0 Å². The van der Waals surface area contributed by atoms with Crippen LogP contribution in [0.2, 0.25) is 0 Å². The summed E-state index contributed by atoms with van der Waals surface area (Å²) in [6.07, 6.45) is 7.56. The summed E-state index contributed by atoms with van der Waals surface area (Å²) in [6.45, 7) is 2.00. The molecule has 92 valence electrons. The molecule has 1 aliphatic carbocycles. The highest BCUT2D eigenvalue weighted by Gasteiger charge is 2.37. The van der Waals surface area contributed by atoms with Crippen LogP contribution in [0.1, 0.15) is 51.0 Å². The number of hydrogen-bond acceptors (Lipinski definition) is 1. The predicted molar refractivity (Wildman–Crippen MR) is 71.0 cm³/mol. The van der Waals surface area contributed by atoms with E-state index < -0.39 is 0 Å². The molecule has 0 N–H and O–H groups in total. The monoisotopic (exact) mass is 230 g/mol. The number of rotatable bonds is 4. The van der Waals surface area contributed by atoms with Crippen molar-refractivity contribution in [3.63, 3.8) is 0 Å². The van der Waals surface area contributed by atoms with E-state index in [1.807, 2.05) is 13.0 Å². The molecule has 0 unspecified atom stereocenters. The van der Waals surface area contributed by atoms with E-state index in [0.717, 1.165) is 19.3 Å². The highest BCUT2D eigenvalue weighted by molar-refractivity contribution is 5.85. The largest absolute Gasteiger partial charge is 0.299 e. The summed E-state index contributed by atoms with van der Waals surface area (Å²) in [6, 6.07) is 10.5. The summed E-state index contributed by atoms with van der Waals surface area (Å²) < 4.78 is 0. The number of carbonyl (C=O) groups is 1. The van der Waals surface area contributed by atoms with E-state index in [0.29, 0.717) is 12.2 Å². The number of benzene rings is 1. The molecule has 1 heteroatoms. The maximum absolute atomic E-state index is 12.3. The van der Waals surface area contributed by atoms with Crippen molar-refractivity contribution in [3.05, 3.63) is 35.9 Å². The smallest absolute Gasteiger partial charge is 0.139 e. The average Bonchev–Trinajstić information content (AvgIpc) is 2.40. The van der Waals surface area contributed by atoms with Gasteiger partial charge in [-0.25, -0.2) is 0 Å². The first-order chi connectivity index (χ1) is 8.27. The van der Waals surface area contributed by atoms with E-state index in [2.05, 4.69) is 24.3 Å². The zero-order valence-corrected chi connectivity index (χ0v) is 10.7. The summed E-state index contributed by atoms with van der Waals surface area (Å²) in [5.74, 6) is 0.473. The Morgan fingerprint density at radius 3 is 2.35 bits per heavy atom. The number of Topliss-reactive ketones (excluding diaryl/α,β-unsaturated/α-hetero) is 1. The molecule has 0 aliphatic heterocycles. The molecular weight excluding hydrogens is 208 g/mol. The third-order valence-electron chi connectivity index (χ3n) is 4.11. The van der Waals surface area contributed by atoms with Gasteiger partial charge in [-0.3, -0.25) is 4.79 Å². The molecule has 17 heavy (non-hydrogen) atoms. The van der Waals surface area contributed by atoms with Gasteiger partial charge in [0.2, 0.25) is 0 Å². The van der Waals surface area contributed by atoms with Crippen LogP contribution in [0.15, 0.2) is 30.3 Å². The first-order valence-electron chi connectivity index (χ1n) is 6.84. The number of ketones is 1. The van der Waals surface area contributed by atoms with Crippen LogP contribution in [0.25, 0.3) is 0 Å². The maximum Gasteiger partial charge on any atom is 0.139 e. The Balaban J connectivity index is 2.19. The zero-order valence-electron chi connectivity index (χ0n) is 10.7. The van der Waals surface area contributed by atoms with Gasteiger partial charge in [-0.15, -0.1) is 0 Å². The van der Waals surface area contributed by atoms with Crippen LogP contribution >= 0.6 is 0 Å². The minimum absolute atomic E-state index is 0.0473. The molecule has 0 aromatic heterocycles. The molecule has 1 fully saturated rings. The van der Waals surface area contributed by atoms with Crippen LogP contribution in [-0.2, 0) is 11.2 Å². The van der Waals surface area contributed by atoms with E-state index in [4.69, 9.17) is 0 Å². The number of hydrogen-bond donors (Lipinski definition) is 0. The van der Waals surface area contributed by atoms with Crippen molar-refractivity contribution in [1.29, 1.82) is 0 Å². The van der Waals surface area contributed by atoms with Crippen molar-refractivity contribution < 1.29 is 4.79 Å². The fraction of sp³-hybridized carbons (Fsp3) is 0.562. The molecule has 0 amide bonds. The molecular formula is C16H22O. The lowest BCUT2D eigenvalue weighted by Crippen LogP contribution is -2.35. The summed E-state index contributed by atoms with van der Waals surface area (Å²) in [4.78, 5) is 12.3. The quantitative estimate of drug-likeness (QED) is 0.759. The van der Waals surface area contributed by atoms with E-state index >= 15 is 0 Å². The Hall–Kier alpha value is -1.11. The van der Waals surface area contributed by atoms with Gasteiger partial charge in [-0.2, -0.15) is 0 Å². The van der Waals surface area contributed by atoms with E-state index in [1.165, 1.54) is 24.8 Å². The molecule has 1 aromatic rings. The molecule has 1 nitrogen and oxygen atoms in total. The van der Waals surface area contributed by atoms with Gasteiger partial charge in [-0.1, -0.05) is 56.5 Å². The van der Waals surface area contributed by atoms with Crippen LogP contribution in [0.3, 0.4) is 0 Å². The first-order valence-corrected chi connectivity index (χ1v) is 6.84. The molecule has 1 aliphatic rings. The van der Waals surface area contributed by atoms with Crippen molar-refractivity contribution in [2.75, 3.05) is 0 Å². The van der Waals surface area contributed by atoms with Gasteiger partial charge in [0, 0.05) is 11.8 Å². The van der Waals surface area contributed by atoms with Gasteiger partial charge in [0.25, 0.3) is 0 Å². The van der Waals surface area contributed by atoms with Crippen molar-refractivity contribution in [2.24, 2.45) is 5.41 Å². The molecule has 1 saturated carbocycles. The van der Waals surface area contributed by atoms with Crippen molar-refractivity contribution in [2.45, 2.75) is 51.9 Å². The first kappa shape index (κ1) is 12.3. The van der Waals surface area contributed by atoms with E-state index in [-0.39, 0.29) is 5.41 Å².